The van der Waals surface area contributed by atoms with Crippen molar-refractivity contribution in [2.75, 3.05) is 30.3 Å². The van der Waals surface area contributed by atoms with E-state index < -0.39 is 5.82 Å². The predicted octanol–water partition coefficient (Wildman–Crippen LogP) is 3.76. The Kier molecular flexibility index (Phi) is 6.19. The first-order valence-corrected chi connectivity index (χ1v) is 12.8. The Morgan fingerprint density at radius 3 is 2.81 bits per heavy atom. The van der Waals surface area contributed by atoms with E-state index in [0.717, 1.165) is 30.6 Å². The molecule has 186 valence electrons. The number of rotatable bonds is 7. The topological polar surface area (TPSA) is 120 Å². The molecule has 36 heavy (non-hydrogen) atoms. The molecule has 2 aliphatic heterocycles. The summed E-state index contributed by atoms with van der Waals surface area (Å²) >= 11 is 0. The molecule has 3 aliphatic rings. The minimum atomic E-state index is -0.393. The van der Waals surface area contributed by atoms with Crippen molar-refractivity contribution in [1.82, 2.24) is 35.1 Å². The third-order valence-electron chi connectivity index (χ3n) is 7.65. The van der Waals surface area contributed by atoms with Gasteiger partial charge < -0.3 is 15.5 Å². The van der Waals surface area contributed by atoms with E-state index in [2.05, 4.69) is 47.1 Å². The van der Waals surface area contributed by atoms with E-state index in [9.17, 15) is 5.26 Å². The van der Waals surface area contributed by atoms with Gasteiger partial charge in [0.05, 0.1) is 17.6 Å². The molecule has 0 bridgehead atoms. The fourth-order valence-corrected chi connectivity index (χ4v) is 5.69. The van der Waals surface area contributed by atoms with Gasteiger partial charge in [-0.3, -0.25) is 0 Å². The van der Waals surface area contributed by atoms with Crippen molar-refractivity contribution in [1.29, 1.82) is 5.26 Å². The van der Waals surface area contributed by atoms with Gasteiger partial charge in [0, 0.05) is 12.6 Å². The maximum Gasteiger partial charge on any atom is 0.229 e. The summed E-state index contributed by atoms with van der Waals surface area (Å²) in [6, 6.07) is 5.99. The molecule has 2 aromatic heterocycles. The van der Waals surface area contributed by atoms with Gasteiger partial charge in [-0.15, -0.1) is 5.10 Å². The van der Waals surface area contributed by atoms with Crippen LogP contribution in [0.4, 0.5) is 21.8 Å². The largest absolute Gasteiger partial charge is 0.368 e. The second-order valence-corrected chi connectivity index (χ2v) is 9.99. The number of nitriles is 1. The fourth-order valence-electron chi connectivity index (χ4n) is 5.69. The van der Waals surface area contributed by atoms with Crippen molar-refractivity contribution in [3.05, 3.63) is 41.6 Å². The molecule has 2 N–H and O–H groups in total. The number of anilines is 3. The molecule has 0 amide bonds. The average Bonchev–Trinajstić information content (AvgIpc) is 3.62. The van der Waals surface area contributed by atoms with E-state index in [4.69, 9.17) is 0 Å². The lowest BCUT2D eigenvalue weighted by Crippen LogP contribution is -2.49. The molecule has 6 rings (SSSR count). The van der Waals surface area contributed by atoms with Crippen LogP contribution in [0.3, 0.4) is 0 Å². The van der Waals surface area contributed by atoms with Gasteiger partial charge in [0.25, 0.3) is 0 Å². The van der Waals surface area contributed by atoms with Crippen LogP contribution >= 0.6 is 0 Å². The summed E-state index contributed by atoms with van der Waals surface area (Å²) < 4.78 is 16.6. The van der Waals surface area contributed by atoms with Crippen LogP contribution < -0.4 is 10.6 Å². The number of benzene rings is 1. The molecule has 4 heterocycles. The standard InChI is InChI=1S/C25H29FN10/c26-20-10-19(16-6-7-16)23(36-15-30-33-34-36)11-21(20)31-25-29-14-18(12-27)24(32-25)28-13-17-4-3-9-35-8-2-1-5-22(17)35/h10-11,14-17,22H,1-9,13H2,(H2,28,29,31,32). The molecule has 2 unspecified atom stereocenters. The maximum absolute atomic E-state index is 15.1. The highest BCUT2D eigenvalue weighted by atomic mass is 19.1. The van der Waals surface area contributed by atoms with Crippen molar-refractivity contribution in [3.8, 4) is 11.8 Å². The number of piperidine rings is 2. The molecular formula is C25H29FN10. The van der Waals surface area contributed by atoms with Crippen LogP contribution in [-0.2, 0) is 0 Å². The first-order valence-electron chi connectivity index (χ1n) is 12.8. The van der Waals surface area contributed by atoms with E-state index in [1.54, 1.807) is 16.8 Å². The Bertz CT molecular complexity index is 1260. The summed E-state index contributed by atoms with van der Waals surface area (Å²) in [6.07, 6.45) is 11.2. The molecule has 0 radical (unpaired) electrons. The zero-order valence-corrected chi connectivity index (χ0v) is 20.1. The molecule has 11 heteroatoms. The number of nitrogens with one attached hydrogen (secondary N) is 2. The van der Waals surface area contributed by atoms with Crippen LogP contribution in [-0.4, -0.2) is 60.8 Å². The molecule has 0 spiro atoms. The summed E-state index contributed by atoms with van der Waals surface area (Å²) in [5.41, 5.74) is 2.21. The van der Waals surface area contributed by atoms with E-state index in [1.807, 2.05) is 0 Å². The van der Waals surface area contributed by atoms with Crippen LogP contribution in [0.25, 0.3) is 5.69 Å². The molecule has 2 atom stereocenters. The number of tetrazole rings is 1. The fraction of sp³-hybridized carbons (Fsp3) is 0.520. The predicted molar refractivity (Wildman–Crippen MR) is 132 cm³/mol. The molecule has 3 fully saturated rings. The Morgan fingerprint density at radius 2 is 2.00 bits per heavy atom. The van der Waals surface area contributed by atoms with Crippen molar-refractivity contribution in [2.24, 2.45) is 5.92 Å². The third kappa shape index (κ3) is 4.60. The van der Waals surface area contributed by atoms with Crippen LogP contribution in [0.15, 0.2) is 24.7 Å². The molecule has 2 saturated heterocycles. The quantitative estimate of drug-likeness (QED) is 0.512. The van der Waals surface area contributed by atoms with E-state index in [1.165, 1.54) is 57.7 Å². The van der Waals surface area contributed by atoms with Gasteiger partial charge in [-0.2, -0.15) is 10.2 Å². The monoisotopic (exact) mass is 488 g/mol. The van der Waals surface area contributed by atoms with Crippen molar-refractivity contribution < 1.29 is 4.39 Å². The van der Waals surface area contributed by atoms with Crippen LogP contribution in [0.5, 0.6) is 0 Å². The van der Waals surface area contributed by atoms with Gasteiger partial charge in [-0.25, -0.2) is 14.1 Å². The summed E-state index contributed by atoms with van der Waals surface area (Å²) in [5.74, 6) is 1.13. The summed E-state index contributed by atoms with van der Waals surface area (Å²) in [5, 5.41) is 27.5. The number of hydrogen-bond acceptors (Lipinski definition) is 9. The lowest BCUT2D eigenvalue weighted by Gasteiger charge is -2.44. The van der Waals surface area contributed by atoms with Gasteiger partial charge in [0.15, 0.2) is 0 Å². The Balaban J connectivity index is 1.23. The van der Waals surface area contributed by atoms with Gasteiger partial charge >= 0.3 is 0 Å². The SMILES string of the molecule is N#Cc1cnc(Nc2cc(-n3cnnn3)c(C3CC3)cc2F)nc1NCC1CCCN2CCCCC12. The van der Waals surface area contributed by atoms with Gasteiger partial charge in [0.1, 0.15) is 29.6 Å². The lowest BCUT2D eigenvalue weighted by atomic mass is 9.83. The number of halogens is 1. The van der Waals surface area contributed by atoms with Crippen molar-refractivity contribution in [2.45, 2.75) is 56.9 Å². The van der Waals surface area contributed by atoms with Crippen LogP contribution in [0, 0.1) is 23.1 Å². The van der Waals surface area contributed by atoms with Gasteiger partial charge in [-0.05, 0) is 91.6 Å². The Morgan fingerprint density at radius 1 is 1.11 bits per heavy atom. The Labute approximate surface area is 208 Å². The zero-order chi connectivity index (χ0) is 24.5. The van der Waals surface area contributed by atoms with Crippen molar-refractivity contribution >= 4 is 17.5 Å². The number of aromatic nitrogens is 6. The lowest BCUT2D eigenvalue weighted by molar-refractivity contribution is 0.0649. The van der Waals surface area contributed by atoms with E-state index in [0.29, 0.717) is 29.3 Å². The number of nitrogens with zero attached hydrogens (tertiary/aromatic N) is 8. The minimum absolute atomic E-state index is 0.222. The zero-order valence-electron chi connectivity index (χ0n) is 20.1. The highest BCUT2D eigenvalue weighted by Crippen LogP contribution is 2.44. The van der Waals surface area contributed by atoms with E-state index in [-0.39, 0.29) is 11.6 Å². The highest BCUT2D eigenvalue weighted by molar-refractivity contribution is 5.63. The summed E-state index contributed by atoms with van der Waals surface area (Å²) in [4.78, 5) is 11.4. The molecule has 1 aromatic carbocycles. The average molecular weight is 489 g/mol. The normalized spacial score (nSPS) is 22.0. The second kappa shape index (κ2) is 9.78. The van der Waals surface area contributed by atoms with Gasteiger partial charge in [-0.1, -0.05) is 6.42 Å². The smallest absolute Gasteiger partial charge is 0.229 e. The molecule has 3 aromatic rings. The summed E-state index contributed by atoms with van der Waals surface area (Å²) in [6.45, 7) is 3.12. The van der Waals surface area contributed by atoms with Crippen molar-refractivity contribution in [3.63, 3.8) is 0 Å². The molecule has 1 saturated carbocycles. The number of hydrogen-bond donors (Lipinski definition) is 2. The third-order valence-corrected chi connectivity index (χ3v) is 7.65. The highest BCUT2D eigenvalue weighted by Gasteiger charge is 2.33. The maximum atomic E-state index is 15.1. The first-order chi connectivity index (χ1) is 17.7. The molecule has 1 aliphatic carbocycles. The van der Waals surface area contributed by atoms with E-state index >= 15 is 4.39 Å². The first kappa shape index (κ1) is 22.8. The van der Waals surface area contributed by atoms with Crippen LogP contribution in [0.1, 0.15) is 62.0 Å². The van der Waals surface area contributed by atoms with Gasteiger partial charge in [0.2, 0.25) is 5.95 Å². The second-order valence-electron chi connectivity index (χ2n) is 9.99. The number of fused-ring (bicyclic) bond motifs is 1. The molecule has 10 nitrogen and oxygen atoms in total. The van der Waals surface area contributed by atoms with Crippen LogP contribution in [0.2, 0.25) is 0 Å². The summed E-state index contributed by atoms with van der Waals surface area (Å²) in [7, 11) is 0. The Hall–Kier alpha value is -3.65. The minimum Gasteiger partial charge on any atom is -0.368 e. The molecular weight excluding hydrogens is 459 g/mol.